The highest BCUT2D eigenvalue weighted by Crippen LogP contribution is 2.42. The number of fused-ring (bicyclic) bond motifs is 1. The van der Waals surface area contributed by atoms with E-state index in [1.807, 2.05) is 0 Å². The van der Waals surface area contributed by atoms with Gasteiger partial charge in [-0.25, -0.2) is 4.98 Å². The zero-order valence-corrected chi connectivity index (χ0v) is 20.4. The molecule has 2 N–H and O–H groups in total. The summed E-state index contributed by atoms with van der Waals surface area (Å²) in [5.41, 5.74) is 3.36. The molecule has 0 bridgehead atoms. The van der Waals surface area contributed by atoms with Gasteiger partial charge in [0.2, 0.25) is 5.95 Å². The second-order valence-corrected chi connectivity index (χ2v) is 8.74. The van der Waals surface area contributed by atoms with Crippen LogP contribution in [0.5, 0.6) is 5.75 Å². The maximum Gasteiger partial charge on any atom is 0.260 e. The van der Waals surface area contributed by atoms with Crippen molar-refractivity contribution in [2.24, 2.45) is 0 Å². The quantitative estimate of drug-likeness (QED) is 0.393. The number of hydrogen-bond donors (Lipinski definition) is 2. The number of nitrogens with zero attached hydrogens (tertiary/aromatic N) is 4. The van der Waals surface area contributed by atoms with Crippen LogP contribution in [0.1, 0.15) is 16.1 Å². The number of rotatable bonds is 6. The van der Waals surface area contributed by atoms with E-state index in [2.05, 4.69) is 30.2 Å². The van der Waals surface area contributed by atoms with Crippen molar-refractivity contribution < 1.29 is 14.3 Å². The first-order valence-corrected chi connectivity index (χ1v) is 11.7. The van der Waals surface area contributed by atoms with Crippen LogP contribution in [0.4, 0.5) is 5.95 Å². The van der Waals surface area contributed by atoms with Crippen molar-refractivity contribution in [2.75, 3.05) is 38.7 Å². The largest absolute Gasteiger partial charge is 0.495 e. The highest BCUT2D eigenvalue weighted by molar-refractivity contribution is 6.40. The van der Waals surface area contributed by atoms with E-state index in [0.29, 0.717) is 69.2 Å². The Hall–Kier alpha value is -3.24. The lowest BCUT2D eigenvalue weighted by atomic mass is 10.00. The number of aromatic amines is 1. The Kier molecular flexibility index (Phi) is 6.83. The van der Waals surface area contributed by atoms with E-state index in [1.54, 1.807) is 36.7 Å². The van der Waals surface area contributed by atoms with E-state index in [9.17, 15) is 4.79 Å². The number of nitrogens with one attached hydrogen (secondary N) is 2. The Bertz CT molecular complexity index is 1390. The normalized spacial score (nSPS) is 14.3. The van der Waals surface area contributed by atoms with Gasteiger partial charge >= 0.3 is 0 Å². The Labute approximate surface area is 211 Å². The third-order valence-corrected chi connectivity index (χ3v) is 6.46. The second-order valence-electron chi connectivity index (χ2n) is 7.95. The molecule has 0 radical (unpaired) electrons. The van der Waals surface area contributed by atoms with Crippen LogP contribution in [-0.4, -0.2) is 64.2 Å². The number of benzene rings is 2. The van der Waals surface area contributed by atoms with E-state index in [0.717, 1.165) is 18.8 Å². The smallest absolute Gasteiger partial charge is 0.260 e. The standard InChI is InChI=1S/C24H22Cl2N6O3/c1-34-18-5-4-17(25)19(20(18)26)15-2-3-16(22-21(15)27-6-7-28-22)23(33)31-24-29-12-14(30-24)13-32-8-10-35-11-9-32/h2-7,12H,8-11,13H2,1H3,(H2,29,30,31,33). The molecule has 2 aromatic carbocycles. The van der Waals surface area contributed by atoms with Crippen LogP contribution in [0.25, 0.3) is 22.2 Å². The van der Waals surface area contributed by atoms with E-state index in [-0.39, 0.29) is 5.91 Å². The molecule has 35 heavy (non-hydrogen) atoms. The predicted octanol–water partition coefficient (Wildman–Crippen LogP) is 4.42. The number of morpholine rings is 1. The van der Waals surface area contributed by atoms with Crippen LogP contribution in [0, 0.1) is 0 Å². The minimum Gasteiger partial charge on any atom is -0.495 e. The maximum absolute atomic E-state index is 13.2. The first kappa shape index (κ1) is 23.5. The highest BCUT2D eigenvalue weighted by atomic mass is 35.5. The van der Waals surface area contributed by atoms with Gasteiger partial charge in [-0.3, -0.25) is 25.0 Å². The topological polar surface area (TPSA) is 105 Å². The number of hydrogen-bond acceptors (Lipinski definition) is 7. The fourth-order valence-electron chi connectivity index (χ4n) is 4.06. The zero-order chi connectivity index (χ0) is 24.4. The van der Waals surface area contributed by atoms with Crippen LogP contribution in [0.2, 0.25) is 10.0 Å². The lowest BCUT2D eigenvalue weighted by molar-refractivity contribution is 0.0337. The number of H-pyrrole nitrogens is 1. The van der Waals surface area contributed by atoms with Crippen LogP contribution in [-0.2, 0) is 11.3 Å². The van der Waals surface area contributed by atoms with Crippen LogP contribution < -0.4 is 10.1 Å². The molecule has 5 rings (SSSR count). The molecule has 1 aliphatic heterocycles. The third-order valence-electron chi connectivity index (χ3n) is 5.77. The number of ether oxygens (including phenoxy) is 2. The Morgan fingerprint density at radius 2 is 1.89 bits per heavy atom. The second kappa shape index (κ2) is 10.2. The van der Waals surface area contributed by atoms with Gasteiger partial charge in [0, 0.05) is 43.2 Å². The van der Waals surface area contributed by atoms with Crippen molar-refractivity contribution in [3.8, 4) is 16.9 Å². The lowest BCUT2D eigenvalue weighted by Crippen LogP contribution is -2.35. The van der Waals surface area contributed by atoms with Gasteiger partial charge in [-0.2, -0.15) is 0 Å². The first-order valence-electron chi connectivity index (χ1n) is 11.0. The van der Waals surface area contributed by atoms with Crippen LogP contribution in [0.3, 0.4) is 0 Å². The SMILES string of the molecule is COc1ccc(Cl)c(-c2ccc(C(=O)Nc3ncc(CN4CCOCC4)[nH]3)c3nccnc23)c1Cl. The van der Waals surface area contributed by atoms with Gasteiger partial charge < -0.3 is 14.5 Å². The first-order chi connectivity index (χ1) is 17.0. The summed E-state index contributed by atoms with van der Waals surface area (Å²) in [6, 6.07) is 6.83. The highest BCUT2D eigenvalue weighted by Gasteiger charge is 2.21. The molecular formula is C24H22Cl2N6O3. The molecule has 0 aliphatic carbocycles. The maximum atomic E-state index is 13.2. The molecule has 180 valence electrons. The molecule has 1 fully saturated rings. The van der Waals surface area contributed by atoms with Crippen molar-refractivity contribution in [1.29, 1.82) is 0 Å². The fourth-order valence-corrected chi connectivity index (χ4v) is 4.71. The van der Waals surface area contributed by atoms with Gasteiger partial charge in [-0.1, -0.05) is 29.3 Å². The molecular weight excluding hydrogens is 491 g/mol. The number of imidazole rings is 1. The molecule has 2 aromatic heterocycles. The number of anilines is 1. The molecule has 1 saturated heterocycles. The minimum atomic E-state index is -0.364. The average Bonchev–Trinajstić information content (AvgIpc) is 3.31. The van der Waals surface area contributed by atoms with Crippen molar-refractivity contribution in [3.63, 3.8) is 0 Å². The summed E-state index contributed by atoms with van der Waals surface area (Å²) < 4.78 is 10.7. The Morgan fingerprint density at radius 3 is 2.66 bits per heavy atom. The summed E-state index contributed by atoms with van der Waals surface area (Å²) in [6.45, 7) is 3.86. The van der Waals surface area contributed by atoms with E-state index in [4.69, 9.17) is 32.7 Å². The average molecular weight is 513 g/mol. The predicted molar refractivity (Wildman–Crippen MR) is 134 cm³/mol. The van der Waals surface area contributed by atoms with Crippen molar-refractivity contribution in [1.82, 2.24) is 24.8 Å². The molecule has 0 atom stereocenters. The fraction of sp³-hybridized carbons (Fsp3) is 0.250. The number of carbonyl (C=O) groups excluding carboxylic acids is 1. The zero-order valence-electron chi connectivity index (χ0n) is 18.8. The number of methoxy groups -OCH3 is 1. The van der Waals surface area contributed by atoms with Gasteiger partial charge in [0.1, 0.15) is 11.3 Å². The van der Waals surface area contributed by atoms with Gasteiger partial charge in [0.05, 0.1) is 53.3 Å². The summed E-state index contributed by atoms with van der Waals surface area (Å²) in [7, 11) is 1.53. The molecule has 0 unspecified atom stereocenters. The molecule has 0 saturated carbocycles. The summed E-state index contributed by atoms with van der Waals surface area (Å²) in [4.78, 5) is 31.8. The minimum absolute atomic E-state index is 0.345. The number of amides is 1. The van der Waals surface area contributed by atoms with Crippen LogP contribution >= 0.6 is 23.2 Å². The third kappa shape index (κ3) is 4.81. The van der Waals surface area contributed by atoms with Gasteiger partial charge in [0.15, 0.2) is 0 Å². The van der Waals surface area contributed by atoms with E-state index < -0.39 is 0 Å². The summed E-state index contributed by atoms with van der Waals surface area (Å²) in [6.07, 6.45) is 4.81. The molecule has 1 amide bonds. The monoisotopic (exact) mass is 512 g/mol. The molecule has 9 nitrogen and oxygen atoms in total. The van der Waals surface area contributed by atoms with E-state index in [1.165, 1.54) is 13.3 Å². The Morgan fingerprint density at radius 1 is 1.11 bits per heavy atom. The van der Waals surface area contributed by atoms with Crippen molar-refractivity contribution in [2.45, 2.75) is 6.54 Å². The Balaban J connectivity index is 1.44. The summed E-state index contributed by atoms with van der Waals surface area (Å²) >= 11 is 13.1. The lowest BCUT2D eigenvalue weighted by Gasteiger charge is -2.25. The van der Waals surface area contributed by atoms with Crippen molar-refractivity contribution in [3.05, 3.63) is 64.2 Å². The molecule has 3 heterocycles. The van der Waals surface area contributed by atoms with Gasteiger partial charge in [0.25, 0.3) is 5.91 Å². The van der Waals surface area contributed by atoms with E-state index >= 15 is 0 Å². The molecule has 1 aliphatic rings. The van der Waals surface area contributed by atoms with Gasteiger partial charge in [-0.15, -0.1) is 0 Å². The molecule has 0 spiro atoms. The van der Waals surface area contributed by atoms with Crippen LogP contribution in [0.15, 0.2) is 42.9 Å². The van der Waals surface area contributed by atoms with Gasteiger partial charge in [-0.05, 0) is 18.2 Å². The molecule has 11 heteroatoms. The molecule has 4 aromatic rings. The summed E-state index contributed by atoms with van der Waals surface area (Å²) in [5.74, 6) is 0.478. The number of aromatic nitrogens is 4. The summed E-state index contributed by atoms with van der Waals surface area (Å²) in [5, 5.41) is 3.61. The number of carbonyl (C=O) groups is 1. The number of halogens is 2. The van der Waals surface area contributed by atoms with Crippen molar-refractivity contribution >= 4 is 46.1 Å².